The maximum absolute atomic E-state index is 13.3. The number of nitrogens with two attached hydrogens (primary N) is 1. The predicted molar refractivity (Wildman–Crippen MR) is 107 cm³/mol. The van der Waals surface area contributed by atoms with Crippen molar-refractivity contribution < 1.29 is 13.6 Å². The van der Waals surface area contributed by atoms with Gasteiger partial charge in [-0.25, -0.2) is 4.39 Å². The number of rotatable bonds is 3. The van der Waals surface area contributed by atoms with E-state index in [0.717, 1.165) is 11.3 Å². The van der Waals surface area contributed by atoms with Gasteiger partial charge in [0.15, 0.2) is 5.76 Å². The summed E-state index contributed by atoms with van der Waals surface area (Å²) in [6, 6.07) is 9.79. The van der Waals surface area contributed by atoms with Gasteiger partial charge in [-0.05, 0) is 64.2 Å². The Hall–Kier alpha value is -2.05. The molecule has 0 amide bonds. The first kappa shape index (κ1) is 17.4. The monoisotopic (exact) mass is 431 g/mol. The van der Waals surface area contributed by atoms with Crippen molar-refractivity contribution in [1.82, 2.24) is 0 Å². The van der Waals surface area contributed by atoms with Crippen LogP contribution in [0, 0.1) is 5.82 Å². The van der Waals surface area contributed by atoms with Crippen LogP contribution >= 0.6 is 27.7 Å². The highest BCUT2D eigenvalue weighted by Gasteiger charge is 2.24. The largest absolute Gasteiger partial charge is 0.450 e. The Morgan fingerprint density at radius 3 is 2.81 bits per heavy atom. The van der Waals surface area contributed by atoms with Gasteiger partial charge in [-0.3, -0.25) is 4.79 Å². The molecule has 1 aliphatic heterocycles. The molecule has 1 unspecified atom stereocenters. The number of ketones is 1. The fourth-order valence-corrected chi connectivity index (χ4v) is 4.87. The standard InChI is InChI=1S/C20H15BrFNO2S/c1-10-8-26-9-15(10)11-2-4-14-17(6-11)25-20(18(14)23)19(24)13-5-3-12(22)7-16(13)21/h2-8,15H,9,23H2,1H3. The van der Waals surface area contributed by atoms with Gasteiger partial charge in [0.1, 0.15) is 11.4 Å². The molecule has 2 N–H and O–H groups in total. The molecule has 26 heavy (non-hydrogen) atoms. The summed E-state index contributed by atoms with van der Waals surface area (Å²) in [6.07, 6.45) is 0. The number of halogens is 2. The normalized spacial score (nSPS) is 16.9. The number of benzene rings is 2. The first-order valence-corrected chi connectivity index (χ1v) is 9.90. The molecular formula is C20H15BrFNO2S. The Morgan fingerprint density at radius 1 is 1.31 bits per heavy atom. The van der Waals surface area contributed by atoms with Crippen LogP contribution in [0.5, 0.6) is 0 Å². The quantitative estimate of drug-likeness (QED) is 0.525. The molecule has 2 heterocycles. The number of carbonyl (C=O) groups excluding carboxylic acids is 1. The molecule has 4 rings (SSSR count). The van der Waals surface area contributed by atoms with E-state index in [1.807, 2.05) is 18.2 Å². The van der Waals surface area contributed by atoms with E-state index in [4.69, 9.17) is 10.2 Å². The molecule has 1 aliphatic rings. The second kappa shape index (κ2) is 6.59. The van der Waals surface area contributed by atoms with Crippen molar-refractivity contribution in [3.63, 3.8) is 0 Å². The minimum atomic E-state index is -0.423. The van der Waals surface area contributed by atoms with Crippen molar-refractivity contribution >= 4 is 50.1 Å². The maximum Gasteiger partial charge on any atom is 0.231 e. The second-order valence-electron chi connectivity index (χ2n) is 6.30. The summed E-state index contributed by atoms with van der Waals surface area (Å²) in [6.45, 7) is 2.12. The number of carbonyl (C=O) groups is 1. The van der Waals surface area contributed by atoms with Gasteiger partial charge in [-0.2, -0.15) is 0 Å². The Morgan fingerprint density at radius 2 is 2.12 bits per heavy atom. The van der Waals surface area contributed by atoms with Crippen LogP contribution < -0.4 is 5.73 Å². The summed E-state index contributed by atoms with van der Waals surface area (Å²) < 4.78 is 19.5. The Balaban J connectivity index is 1.77. The number of anilines is 1. The SMILES string of the molecule is CC1=CSCC1c1ccc2c(N)c(C(=O)c3ccc(F)cc3Br)oc2c1. The molecule has 6 heteroatoms. The minimum Gasteiger partial charge on any atom is -0.450 e. The molecule has 0 bridgehead atoms. The van der Waals surface area contributed by atoms with E-state index in [9.17, 15) is 9.18 Å². The molecule has 0 saturated carbocycles. The van der Waals surface area contributed by atoms with Crippen LogP contribution in [0.25, 0.3) is 11.0 Å². The summed E-state index contributed by atoms with van der Waals surface area (Å²) in [5.41, 5.74) is 9.84. The van der Waals surface area contributed by atoms with Crippen LogP contribution in [0.15, 0.2) is 56.3 Å². The number of thioether (sulfide) groups is 1. The van der Waals surface area contributed by atoms with E-state index < -0.39 is 5.82 Å². The molecule has 1 atom stereocenters. The van der Waals surface area contributed by atoms with Gasteiger partial charge in [0.05, 0.1) is 5.69 Å². The van der Waals surface area contributed by atoms with Crippen molar-refractivity contribution in [2.75, 3.05) is 11.5 Å². The predicted octanol–water partition coefficient (Wildman–Crippen LogP) is 5.88. The Labute approximate surface area is 162 Å². The van der Waals surface area contributed by atoms with Crippen LogP contribution in [-0.4, -0.2) is 11.5 Å². The smallest absolute Gasteiger partial charge is 0.231 e. The van der Waals surface area contributed by atoms with Crippen molar-refractivity contribution in [3.8, 4) is 0 Å². The van der Waals surface area contributed by atoms with Crippen LogP contribution in [0.4, 0.5) is 10.1 Å². The van der Waals surface area contributed by atoms with Crippen molar-refractivity contribution in [1.29, 1.82) is 0 Å². The first-order valence-electron chi connectivity index (χ1n) is 8.05. The zero-order chi connectivity index (χ0) is 18.4. The van der Waals surface area contributed by atoms with Crippen molar-refractivity contribution in [2.24, 2.45) is 0 Å². The van der Waals surface area contributed by atoms with Gasteiger partial charge >= 0.3 is 0 Å². The van der Waals surface area contributed by atoms with Gasteiger partial charge < -0.3 is 10.2 Å². The van der Waals surface area contributed by atoms with Crippen molar-refractivity contribution in [2.45, 2.75) is 12.8 Å². The molecule has 0 spiro atoms. The third-order valence-electron chi connectivity index (χ3n) is 4.62. The fourth-order valence-electron chi connectivity index (χ4n) is 3.16. The topological polar surface area (TPSA) is 56.2 Å². The highest BCUT2D eigenvalue weighted by atomic mass is 79.9. The molecule has 0 aliphatic carbocycles. The Bertz CT molecular complexity index is 1070. The van der Waals surface area contributed by atoms with Crippen LogP contribution in [0.2, 0.25) is 0 Å². The number of hydrogen-bond acceptors (Lipinski definition) is 4. The lowest BCUT2D eigenvalue weighted by Crippen LogP contribution is -2.04. The number of fused-ring (bicyclic) bond motifs is 1. The first-order chi connectivity index (χ1) is 12.5. The summed E-state index contributed by atoms with van der Waals surface area (Å²) in [5.74, 6) is 0.633. The van der Waals surface area contributed by atoms with Crippen molar-refractivity contribution in [3.05, 3.63) is 74.6 Å². The maximum atomic E-state index is 13.3. The van der Waals surface area contributed by atoms with Gasteiger partial charge in [0.25, 0.3) is 0 Å². The summed E-state index contributed by atoms with van der Waals surface area (Å²) in [7, 11) is 0. The van der Waals surface area contributed by atoms with Gasteiger partial charge in [0.2, 0.25) is 5.78 Å². The lowest BCUT2D eigenvalue weighted by molar-refractivity contribution is 0.101. The molecule has 0 radical (unpaired) electrons. The number of hydrogen-bond donors (Lipinski definition) is 1. The number of nitrogen functional groups attached to an aromatic ring is 1. The minimum absolute atomic E-state index is 0.0810. The zero-order valence-corrected chi connectivity index (χ0v) is 16.3. The van der Waals surface area contributed by atoms with E-state index in [2.05, 4.69) is 28.3 Å². The fraction of sp³-hybridized carbons (Fsp3) is 0.150. The zero-order valence-electron chi connectivity index (χ0n) is 13.9. The van der Waals surface area contributed by atoms with E-state index in [0.29, 0.717) is 32.6 Å². The van der Waals surface area contributed by atoms with Gasteiger partial charge in [-0.1, -0.05) is 11.6 Å². The van der Waals surface area contributed by atoms with Gasteiger partial charge in [-0.15, -0.1) is 11.8 Å². The number of allylic oxidation sites excluding steroid dienone is 1. The molecule has 1 aromatic heterocycles. The van der Waals surface area contributed by atoms with E-state index >= 15 is 0 Å². The average Bonchev–Trinajstić information content (AvgIpc) is 3.17. The summed E-state index contributed by atoms with van der Waals surface area (Å²) in [4.78, 5) is 12.8. The average molecular weight is 432 g/mol. The molecule has 0 saturated heterocycles. The van der Waals surface area contributed by atoms with Crippen LogP contribution in [0.1, 0.15) is 34.5 Å². The molecule has 2 aromatic carbocycles. The third-order valence-corrected chi connectivity index (χ3v) is 6.34. The highest BCUT2D eigenvalue weighted by Crippen LogP contribution is 2.39. The van der Waals surface area contributed by atoms with Crippen LogP contribution in [0.3, 0.4) is 0 Å². The molecule has 0 fully saturated rings. The summed E-state index contributed by atoms with van der Waals surface area (Å²) >= 11 is 5.02. The third kappa shape index (κ3) is 2.87. The van der Waals surface area contributed by atoms with E-state index in [1.165, 1.54) is 23.8 Å². The van der Waals surface area contributed by atoms with E-state index in [-0.39, 0.29) is 11.5 Å². The van der Waals surface area contributed by atoms with Gasteiger partial charge in [0, 0.05) is 27.1 Å². The molecule has 132 valence electrons. The second-order valence-corrected chi connectivity index (χ2v) is 8.06. The van der Waals surface area contributed by atoms with Crippen LogP contribution in [-0.2, 0) is 0 Å². The number of furan rings is 1. The molecule has 3 nitrogen and oxygen atoms in total. The molecular weight excluding hydrogens is 417 g/mol. The lowest BCUT2D eigenvalue weighted by atomic mass is 9.94. The summed E-state index contributed by atoms with van der Waals surface area (Å²) in [5, 5.41) is 2.88. The lowest BCUT2D eigenvalue weighted by Gasteiger charge is -2.11. The molecule has 3 aromatic rings. The van der Waals surface area contributed by atoms with E-state index in [1.54, 1.807) is 11.8 Å². The Kier molecular flexibility index (Phi) is 4.40. The highest BCUT2D eigenvalue weighted by molar-refractivity contribution is 9.10.